The fourth-order valence-electron chi connectivity index (χ4n) is 1.78. The zero-order chi connectivity index (χ0) is 11.0. The van der Waals surface area contributed by atoms with Crippen molar-refractivity contribution in [2.24, 2.45) is 0 Å². The summed E-state index contributed by atoms with van der Waals surface area (Å²) < 4.78 is 0. The van der Waals surface area contributed by atoms with Gasteiger partial charge in [0.25, 0.3) is 0 Å². The number of carbonyl (C=O) groups is 1. The van der Waals surface area contributed by atoms with Crippen LogP contribution in [0, 0.1) is 0 Å². The van der Waals surface area contributed by atoms with Gasteiger partial charge in [-0.15, -0.1) is 0 Å². The number of nitrogens with one attached hydrogen (secondary N) is 1. The SMILES string of the molecule is CCC1Nc2ccc(Cl)cc2N(C)C1=O. The van der Waals surface area contributed by atoms with E-state index in [-0.39, 0.29) is 11.9 Å². The number of fused-ring (bicyclic) bond motifs is 1. The molecule has 0 saturated carbocycles. The molecule has 1 unspecified atom stereocenters. The number of anilines is 2. The second kappa shape index (κ2) is 3.74. The Bertz CT molecular complexity index is 406. The summed E-state index contributed by atoms with van der Waals surface area (Å²) in [6, 6.07) is 5.41. The van der Waals surface area contributed by atoms with Crippen LogP contribution in [0.3, 0.4) is 0 Å². The smallest absolute Gasteiger partial charge is 0.249 e. The number of benzene rings is 1. The van der Waals surface area contributed by atoms with Gasteiger partial charge in [0.15, 0.2) is 0 Å². The van der Waals surface area contributed by atoms with Crippen LogP contribution in [0.5, 0.6) is 0 Å². The van der Waals surface area contributed by atoms with Crippen molar-refractivity contribution < 1.29 is 4.79 Å². The third-order valence-electron chi connectivity index (χ3n) is 2.69. The first-order chi connectivity index (χ1) is 7.13. The molecule has 0 saturated heterocycles. The number of nitrogens with zero attached hydrogens (tertiary/aromatic N) is 1. The summed E-state index contributed by atoms with van der Waals surface area (Å²) in [5.41, 5.74) is 1.81. The molecule has 1 heterocycles. The molecule has 0 aliphatic carbocycles. The van der Waals surface area contributed by atoms with Gasteiger partial charge in [-0.3, -0.25) is 4.79 Å². The molecule has 80 valence electrons. The van der Waals surface area contributed by atoms with Crippen LogP contribution >= 0.6 is 11.6 Å². The molecular weight excluding hydrogens is 212 g/mol. The Morgan fingerprint density at radius 1 is 1.53 bits per heavy atom. The highest BCUT2D eigenvalue weighted by atomic mass is 35.5. The van der Waals surface area contributed by atoms with E-state index >= 15 is 0 Å². The summed E-state index contributed by atoms with van der Waals surface area (Å²) in [5, 5.41) is 3.85. The van der Waals surface area contributed by atoms with Crippen molar-refractivity contribution in [3.8, 4) is 0 Å². The topological polar surface area (TPSA) is 32.3 Å². The van der Waals surface area contributed by atoms with Gasteiger partial charge in [-0.1, -0.05) is 18.5 Å². The Morgan fingerprint density at radius 2 is 2.27 bits per heavy atom. The molecule has 0 aromatic heterocycles. The predicted molar refractivity (Wildman–Crippen MR) is 62.6 cm³/mol. The number of hydrogen-bond acceptors (Lipinski definition) is 2. The summed E-state index contributed by atoms with van der Waals surface area (Å²) in [4.78, 5) is 13.5. The molecule has 1 aromatic rings. The van der Waals surface area contributed by atoms with Crippen molar-refractivity contribution in [3.63, 3.8) is 0 Å². The first-order valence-electron chi connectivity index (χ1n) is 4.97. The minimum absolute atomic E-state index is 0.0901. The maximum absolute atomic E-state index is 11.9. The standard InChI is InChI=1S/C11H13ClN2O/c1-3-8-11(15)14(2)10-6-7(12)4-5-9(10)13-8/h4-6,8,13H,3H2,1-2H3. The molecule has 0 bridgehead atoms. The van der Waals surface area contributed by atoms with Crippen molar-refractivity contribution >= 4 is 28.9 Å². The van der Waals surface area contributed by atoms with Gasteiger partial charge in [-0.05, 0) is 24.6 Å². The van der Waals surface area contributed by atoms with Crippen LogP contribution in [0.1, 0.15) is 13.3 Å². The molecule has 1 N–H and O–H groups in total. The zero-order valence-corrected chi connectivity index (χ0v) is 9.51. The van der Waals surface area contributed by atoms with E-state index in [0.29, 0.717) is 5.02 Å². The molecule has 2 rings (SSSR count). The van der Waals surface area contributed by atoms with Crippen LogP contribution in [0.4, 0.5) is 11.4 Å². The molecule has 1 aliphatic rings. The van der Waals surface area contributed by atoms with E-state index in [9.17, 15) is 4.79 Å². The minimum atomic E-state index is -0.122. The number of halogens is 1. The van der Waals surface area contributed by atoms with Crippen LogP contribution < -0.4 is 10.2 Å². The Labute approximate surface area is 94.0 Å². The number of amides is 1. The number of rotatable bonds is 1. The van der Waals surface area contributed by atoms with Crippen molar-refractivity contribution in [2.45, 2.75) is 19.4 Å². The van der Waals surface area contributed by atoms with E-state index in [4.69, 9.17) is 11.6 Å². The van der Waals surface area contributed by atoms with Gasteiger partial charge >= 0.3 is 0 Å². The summed E-state index contributed by atoms with van der Waals surface area (Å²) >= 11 is 5.89. The summed E-state index contributed by atoms with van der Waals surface area (Å²) in [6.07, 6.45) is 0.783. The number of likely N-dealkylation sites (N-methyl/N-ethyl adjacent to an activating group) is 1. The van der Waals surface area contributed by atoms with Crippen molar-refractivity contribution in [2.75, 3.05) is 17.3 Å². The third-order valence-corrected chi connectivity index (χ3v) is 2.92. The van der Waals surface area contributed by atoms with Gasteiger partial charge in [0, 0.05) is 12.1 Å². The summed E-state index contributed by atoms with van der Waals surface area (Å²) in [6.45, 7) is 1.99. The van der Waals surface area contributed by atoms with Crippen LogP contribution in [-0.4, -0.2) is 19.0 Å². The van der Waals surface area contributed by atoms with Gasteiger partial charge in [-0.2, -0.15) is 0 Å². The van der Waals surface area contributed by atoms with Crippen LogP contribution in [0.25, 0.3) is 0 Å². The molecule has 0 fully saturated rings. The van der Waals surface area contributed by atoms with E-state index in [0.717, 1.165) is 17.8 Å². The molecular formula is C11H13ClN2O. The molecule has 1 aliphatic heterocycles. The fraction of sp³-hybridized carbons (Fsp3) is 0.364. The summed E-state index contributed by atoms with van der Waals surface area (Å²) in [5.74, 6) is 0.0901. The van der Waals surface area contributed by atoms with E-state index in [1.807, 2.05) is 19.1 Å². The highest BCUT2D eigenvalue weighted by Gasteiger charge is 2.28. The first kappa shape index (κ1) is 10.3. The second-order valence-corrected chi connectivity index (χ2v) is 4.10. The Hall–Kier alpha value is -1.22. The highest BCUT2D eigenvalue weighted by Crippen LogP contribution is 2.33. The number of carbonyl (C=O) groups excluding carboxylic acids is 1. The normalized spacial score (nSPS) is 19.8. The fourth-order valence-corrected chi connectivity index (χ4v) is 1.95. The molecule has 15 heavy (non-hydrogen) atoms. The van der Waals surface area contributed by atoms with Crippen LogP contribution in [-0.2, 0) is 4.79 Å². The predicted octanol–water partition coefficient (Wildman–Crippen LogP) is 2.51. The molecule has 1 amide bonds. The molecule has 1 atom stereocenters. The second-order valence-electron chi connectivity index (χ2n) is 3.66. The maximum Gasteiger partial charge on any atom is 0.249 e. The lowest BCUT2D eigenvalue weighted by Crippen LogP contribution is -2.44. The van der Waals surface area contributed by atoms with Gasteiger partial charge in [0.05, 0.1) is 11.4 Å². The average Bonchev–Trinajstić information content (AvgIpc) is 2.24. The van der Waals surface area contributed by atoms with Crippen molar-refractivity contribution in [3.05, 3.63) is 23.2 Å². The van der Waals surface area contributed by atoms with Crippen molar-refractivity contribution in [1.29, 1.82) is 0 Å². The average molecular weight is 225 g/mol. The van der Waals surface area contributed by atoms with E-state index < -0.39 is 0 Å². The third kappa shape index (κ3) is 1.67. The Kier molecular flexibility index (Phi) is 2.57. The first-order valence-corrected chi connectivity index (χ1v) is 5.35. The molecule has 3 nitrogen and oxygen atoms in total. The van der Waals surface area contributed by atoms with Crippen molar-refractivity contribution in [1.82, 2.24) is 0 Å². The lowest BCUT2D eigenvalue weighted by Gasteiger charge is -2.32. The lowest BCUT2D eigenvalue weighted by atomic mass is 10.1. The molecule has 4 heteroatoms. The molecule has 0 radical (unpaired) electrons. The van der Waals surface area contributed by atoms with E-state index in [1.165, 1.54) is 0 Å². The quantitative estimate of drug-likeness (QED) is 0.795. The van der Waals surface area contributed by atoms with Crippen LogP contribution in [0.15, 0.2) is 18.2 Å². The lowest BCUT2D eigenvalue weighted by molar-refractivity contribution is -0.119. The maximum atomic E-state index is 11.9. The molecule has 0 spiro atoms. The van der Waals surface area contributed by atoms with Crippen LogP contribution in [0.2, 0.25) is 5.02 Å². The Morgan fingerprint density at radius 3 is 2.93 bits per heavy atom. The van der Waals surface area contributed by atoms with Gasteiger partial charge in [-0.25, -0.2) is 0 Å². The largest absolute Gasteiger partial charge is 0.372 e. The van der Waals surface area contributed by atoms with Gasteiger partial charge in [0.1, 0.15) is 6.04 Å². The monoisotopic (exact) mass is 224 g/mol. The van der Waals surface area contributed by atoms with Gasteiger partial charge in [0.2, 0.25) is 5.91 Å². The van der Waals surface area contributed by atoms with E-state index in [1.54, 1.807) is 18.0 Å². The summed E-state index contributed by atoms with van der Waals surface area (Å²) in [7, 11) is 1.78. The highest BCUT2D eigenvalue weighted by molar-refractivity contribution is 6.31. The van der Waals surface area contributed by atoms with Gasteiger partial charge < -0.3 is 10.2 Å². The molecule has 1 aromatic carbocycles. The zero-order valence-electron chi connectivity index (χ0n) is 8.75. The Balaban J connectivity index is 2.45. The minimum Gasteiger partial charge on any atom is -0.372 e. The number of hydrogen-bond donors (Lipinski definition) is 1. The van der Waals surface area contributed by atoms with E-state index in [2.05, 4.69) is 5.32 Å².